The summed E-state index contributed by atoms with van der Waals surface area (Å²) in [6, 6.07) is 0.0333. The molecule has 2 unspecified atom stereocenters. The smallest absolute Gasteiger partial charge is 0.225 e. The van der Waals surface area contributed by atoms with Crippen molar-refractivity contribution in [2.45, 2.75) is 65.5 Å². The average molecular weight is 297 g/mol. The van der Waals surface area contributed by atoms with Crippen molar-refractivity contribution in [2.75, 3.05) is 13.1 Å². The van der Waals surface area contributed by atoms with Crippen molar-refractivity contribution in [1.29, 1.82) is 0 Å². The van der Waals surface area contributed by atoms with E-state index in [1.54, 1.807) is 0 Å². The van der Waals surface area contributed by atoms with E-state index in [1.807, 2.05) is 18.7 Å². The first-order valence-corrected chi connectivity index (χ1v) is 8.25. The first kappa shape index (κ1) is 18.0. The lowest BCUT2D eigenvalue weighted by molar-refractivity contribution is -0.137. The Balaban J connectivity index is 2.42. The number of nitrogens with zero attached hydrogens (tertiary/aromatic N) is 1. The van der Waals surface area contributed by atoms with E-state index in [-0.39, 0.29) is 35.7 Å². The topological polar surface area (TPSA) is 75.4 Å². The number of carbonyl (C=O) groups is 2. The Hall–Kier alpha value is -1.10. The molecular weight excluding hydrogens is 266 g/mol. The molecule has 2 amide bonds. The van der Waals surface area contributed by atoms with Gasteiger partial charge < -0.3 is 16.0 Å². The summed E-state index contributed by atoms with van der Waals surface area (Å²) >= 11 is 0. The summed E-state index contributed by atoms with van der Waals surface area (Å²) in [7, 11) is 0. The van der Waals surface area contributed by atoms with E-state index in [0.29, 0.717) is 0 Å². The van der Waals surface area contributed by atoms with Gasteiger partial charge >= 0.3 is 0 Å². The molecule has 0 aromatic carbocycles. The fraction of sp³-hybridized carbons (Fsp3) is 0.875. The van der Waals surface area contributed by atoms with E-state index in [9.17, 15) is 9.59 Å². The lowest BCUT2D eigenvalue weighted by Gasteiger charge is -2.34. The fourth-order valence-corrected chi connectivity index (χ4v) is 2.71. The van der Waals surface area contributed by atoms with Crippen LogP contribution in [0.15, 0.2) is 0 Å². The van der Waals surface area contributed by atoms with E-state index < -0.39 is 0 Å². The molecule has 0 spiro atoms. The third-order valence-corrected chi connectivity index (χ3v) is 4.69. The lowest BCUT2D eigenvalue weighted by Crippen LogP contribution is -2.50. The zero-order valence-corrected chi connectivity index (χ0v) is 13.9. The van der Waals surface area contributed by atoms with Crippen molar-refractivity contribution >= 4 is 11.8 Å². The summed E-state index contributed by atoms with van der Waals surface area (Å²) in [6.07, 6.45) is 3.47. The molecule has 1 aliphatic heterocycles. The number of piperidine rings is 1. The predicted molar refractivity (Wildman–Crippen MR) is 84.6 cm³/mol. The summed E-state index contributed by atoms with van der Waals surface area (Å²) in [5.41, 5.74) is 5.75. The summed E-state index contributed by atoms with van der Waals surface area (Å²) in [4.78, 5) is 26.3. The van der Waals surface area contributed by atoms with Crippen LogP contribution in [0, 0.1) is 11.8 Å². The first-order valence-electron chi connectivity index (χ1n) is 8.25. The molecule has 3 N–H and O–H groups in total. The van der Waals surface area contributed by atoms with Crippen LogP contribution in [0.1, 0.15) is 53.4 Å². The number of nitrogens with one attached hydrogen (secondary N) is 1. The Labute approximate surface area is 128 Å². The van der Waals surface area contributed by atoms with Crippen LogP contribution in [0.4, 0.5) is 0 Å². The highest BCUT2D eigenvalue weighted by Crippen LogP contribution is 2.17. The van der Waals surface area contributed by atoms with E-state index in [4.69, 9.17) is 5.73 Å². The van der Waals surface area contributed by atoms with E-state index in [1.165, 1.54) is 0 Å². The average Bonchev–Trinajstić information content (AvgIpc) is 2.48. The van der Waals surface area contributed by atoms with Crippen molar-refractivity contribution in [1.82, 2.24) is 10.2 Å². The molecule has 1 rings (SSSR count). The van der Waals surface area contributed by atoms with Crippen LogP contribution in [0.25, 0.3) is 0 Å². The number of nitrogens with two attached hydrogens (primary N) is 1. The van der Waals surface area contributed by atoms with Crippen molar-refractivity contribution in [2.24, 2.45) is 17.6 Å². The quantitative estimate of drug-likeness (QED) is 0.780. The minimum absolute atomic E-state index is 0.0229. The molecule has 2 atom stereocenters. The first-order chi connectivity index (χ1) is 9.90. The molecule has 0 aromatic heterocycles. The normalized spacial score (nSPS) is 19.4. The van der Waals surface area contributed by atoms with Crippen molar-refractivity contribution in [3.63, 3.8) is 0 Å². The van der Waals surface area contributed by atoms with E-state index in [2.05, 4.69) is 19.2 Å². The summed E-state index contributed by atoms with van der Waals surface area (Å²) < 4.78 is 0. The summed E-state index contributed by atoms with van der Waals surface area (Å²) in [5, 5.41) is 3.06. The van der Waals surface area contributed by atoms with Gasteiger partial charge in [-0.25, -0.2) is 0 Å². The van der Waals surface area contributed by atoms with Crippen molar-refractivity contribution in [3.05, 3.63) is 0 Å². The molecular formula is C16H31N3O2. The lowest BCUT2D eigenvalue weighted by atomic mass is 9.97. The number of amides is 2. The van der Waals surface area contributed by atoms with Gasteiger partial charge in [0, 0.05) is 37.0 Å². The minimum Gasteiger partial charge on any atom is -0.353 e. The molecule has 0 radical (unpaired) electrons. The molecule has 1 heterocycles. The second-order valence-corrected chi connectivity index (χ2v) is 6.27. The van der Waals surface area contributed by atoms with E-state index >= 15 is 0 Å². The maximum atomic E-state index is 12.3. The van der Waals surface area contributed by atoms with Gasteiger partial charge in [-0.2, -0.15) is 0 Å². The van der Waals surface area contributed by atoms with Crippen LogP contribution in [0.2, 0.25) is 0 Å². The van der Waals surface area contributed by atoms with Crippen LogP contribution in [0.5, 0.6) is 0 Å². The Morgan fingerprint density at radius 1 is 1.19 bits per heavy atom. The monoisotopic (exact) mass is 297 g/mol. The van der Waals surface area contributed by atoms with Gasteiger partial charge in [-0.05, 0) is 32.6 Å². The third-order valence-electron chi connectivity index (χ3n) is 4.69. The van der Waals surface area contributed by atoms with Crippen LogP contribution >= 0.6 is 0 Å². The van der Waals surface area contributed by atoms with Gasteiger partial charge in [0.25, 0.3) is 0 Å². The van der Waals surface area contributed by atoms with Crippen LogP contribution in [0.3, 0.4) is 0 Å². The highest BCUT2D eigenvalue weighted by molar-refractivity contribution is 5.80. The molecule has 122 valence electrons. The Bertz CT molecular complexity index is 345. The minimum atomic E-state index is -0.172. The Morgan fingerprint density at radius 2 is 1.71 bits per heavy atom. The number of carbonyl (C=O) groups excluding carboxylic acids is 2. The van der Waals surface area contributed by atoms with Crippen molar-refractivity contribution < 1.29 is 9.59 Å². The van der Waals surface area contributed by atoms with Gasteiger partial charge in [0.1, 0.15) is 0 Å². The maximum Gasteiger partial charge on any atom is 0.225 e. The Morgan fingerprint density at radius 3 is 2.14 bits per heavy atom. The summed E-state index contributed by atoms with van der Waals surface area (Å²) in [6.45, 7) is 9.31. The highest BCUT2D eigenvalue weighted by Gasteiger charge is 2.28. The number of hydrogen-bond acceptors (Lipinski definition) is 3. The molecule has 0 bridgehead atoms. The maximum absolute atomic E-state index is 12.3. The molecule has 5 heteroatoms. The largest absolute Gasteiger partial charge is 0.353 e. The number of hydrogen-bond donors (Lipinski definition) is 2. The fourth-order valence-electron chi connectivity index (χ4n) is 2.71. The highest BCUT2D eigenvalue weighted by atomic mass is 16.2. The van der Waals surface area contributed by atoms with Gasteiger partial charge in [0.2, 0.25) is 11.8 Å². The van der Waals surface area contributed by atoms with Crippen LogP contribution < -0.4 is 11.1 Å². The molecule has 0 aromatic rings. The Kier molecular flexibility index (Phi) is 7.15. The molecule has 0 saturated carbocycles. The second kappa shape index (κ2) is 8.37. The third kappa shape index (κ3) is 4.99. The van der Waals surface area contributed by atoms with Gasteiger partial charge in [-0.15, -0.1) is 0 Å². The number of likely N-dealkylation sites (tertiary alicyclic amines) is 1. The van der Waals surface area contributed by atoms with Gasteiger partial charge in [-0.1, -0.05) is 20.8 Å². The molecule has 0 aliphatic carbocycles. The van der Waals surface area contributed by atoms with Gasteiger partial charge in [0.15, 0.2) is 0 Å². The predicted octanol–water partition coefficient (Wildman–Crippen LogP) is 1.51. The summed E-state index contributed by atoms with van der Waals surface area (Å²) in [5.74, 6) is 0.270. The molecule has 5 nitrogen and oxygen atoms in total. The second-order valence-electron chi connectivity index (χ2n) is 6.27. The molecule has 1 saturated heterocycles. The number of rotatable bonds is 6. The zero-order valence-electron chi connectivity index (χ0n) is 13.9. The SMILES string of the molecule is CCC(CC)C(=O)N1CCC(NC(=O)C(C)C(C)N)CC1. The molecule has 1 fully saturated rings. The van der Waals surface area contributed by atoms with Gasteiger partial charge in [-0.3, -0.25) is 9.59 Å². The zero-order chi connectivity index (χ0) is 16.0. The van der Waals surface area contributed by atoms with Gasteiger partial charge in [0.05, 0.1) is 0 Å². The van der Waals surface area contributed by atoms with E-state index in [0.717, 1.165) is 38.8 Å². The standard InChI is InChI=1S/C16H31N3O2/c1-5-13(6-2)16(21)19-9-7-14(8-10-19)18-15(20)11(3)12(4)17/h11-14H,5-10,17H2,1-4H3,(H,18,20). The molecule has 1 aliphatic rings. The molecule has 21 heavy (non-hydrogen) atoms. The van der Waals surface area contributed by atoms with Crippen LogP contribution in [-0.2, 0) is 9.59 Å². The van der Waals surface area contributed by atoms with Crippen LogP contribution in [-0.4, -0.2) is 41.9 Å². The van der Waals surface area contributed by atoms with Crippen molar-refractivity contribution in [3.8, 4) is 0 Å².